The molecule has 0 radical (unpaired) electrons. The average Bonchev–Trinajstić information content (AvgIpc) is 2.79. The van der Waals surface area contributed by atoms with Crippen LogP contribution in [0.1, 0.15) is 10.4 Å². The molecule has 2 aromatic rings. The fourth-order valence-electron chi connectivity index (χ4n) is 1.31. The summed E-state index contributed by atoms with van der Waals surface area (Å²) in [7, 11) is 0. The molecule has 2 rings (SSSR count). The number of hydrogen-bond donors (Lipinski definition) is 0. The van der Waals surface area contributed by atoms with Gasteiger partial charge in [-0.25, -0.2) is 0 Å². The van der Waals surface area contributed by atoms with Gasteiger partial charge in [0.15, 0.2) is 0 Å². The molecule has 1 heterocycles. The summed E-state index contributed by atoms with van der Waals surface area (Å²) in [5.41, 5.74) is 4.52. The van der Waals surface area contributed by atoms with Crippen molar-refractivity contribution in [3.05, 3.63) is 70.1 Å². The van der Waals surface area contributed by atoms with E-state index in [-0.39, 0.29) is 0 Å². The molecule has 0 saturated carbocycles. The van der Waals surface area contributed by atoms with E-state index in [1.54, 1.807) is 11.3 Å². The Bertz CT molecular complexity index is 445. The fourth-order valence-corrected chi connectivity index (χ4v) is 1.91. The van der Waals surface area contributed by atoms with Gasteiger partial charge in [-0.05, 0) is 35.6 Å². The first-order valence-corrected chi connectivity index (χ1v) is 5.81. The van der Waals surface area contributed by atoms with Crippen LogP contribution in [0.3, 0.4) is 0 Å². The van der Waals surface area contributed by atoms with Crippen molar-refractivity contribution in [3.63, 3.8) is 0 Å². The number of benzene rings is 1. The SMILES string of the molecule is C(=CCc1ccccc1)=Cc1cccs1. The maximum absolute atomic E-state index is 3.20. The zero-order valence-electron chi connectivity index (χ0n) is 8.39. The molecule has 74 valence electrons. The Balaban J connectivity index is 1.96. The van der Waals surface area contributed by atoms with Crippen LogP contribution in [0.5, 0.6) is 0 Å². The van der Waals surface area contributed by atoms with E-state index in [1.807, 2.05) is 12.1 Å². The molecule has 0 aliphatic heterocycles. The lowest BCUT2D eigenvalue weighted by Gasteiger charge is -1.91. The molecule has 0 aliphatic rings. The number of rotatable bonds is 3. The van der Waals surface area contributed by atoms with E-state index in [0.29, 0.717) is 0 Å². The van der Waals surface area contributed by atoms with Crippen LogP contribution >= 0.6 is 11.3 Å². The largest absolute Gasteiger partial charge is 0.144 e. The highest BCUT2D eigenvalue weighted by atomic mass is 32.1. The van der Waals surface area contributed by atoms with Crippen LogP contribution < -0.4 is 0 Å². The Morgan fingerprint density at radius 2 is 1.93 bits per heavy atom. The van der Waals surface area contributed by atoms with Gasteiger partial charge >= 0.3 is 0 Å². The third-order valence-corrected chi connectivity index (χ3v) is 2.89. The lowest BCUT2D eigenvalue weighted by Crippen LogP contribution is -1.76. The maximum atomic E-state index is 3.20. The minimum absolute atomic E-state index is 0.947. The molecule has 0 unspecified atom stereocenters. The Labute approximate surface area is 94.2 Å². The molecule has 0 saturated heterocycles. The first-order valence-electron chi connectivity index (χ1n) is 4.93. The van der Waals surface area contributed by atoms with E-state index < -0.39 is 0 Å². The van der Waals surface area contributed by atoms with Crippen LogP contribution in [0.15, 0.2) is 59.7 Å². The van der Waals surface area contributed by atoms with Crippen LogP contribution in [0.25, 0.3) is 6.08 Å². The van der Waals surface area contributed by atoms with Gasteiger partial charge in [-0.15, -0.1) is 17.1 Å². The normalized spacial score (nSPS) is 9.33. The van der Waals surface area contributed by atoms with Gasteiger partial charge in [0.1, 0.15) is 0 Å². The highest BCUT2D eigenvalue weighted by molar-refractivity contribution is 7.10. The van der Waals surface area contributed by atoms with E-state index in [1.165, 1.54) is 10.4 Å². The lowest BCUT2D eigenvalue weighted by atomic mass is 10.1. The monoisotopic (exact) mass is 212 g/mol. The summed E-state index contributed by atoms with van der Waals surface area (Å²) in [6.45, 7) is 0. The number of thiophene rings is 1. The van der Waals surface area contributed by atoms with E-state index in [0.717, 1.165) is 6.42 Å². The van der Waals surface area contributed by atoms with Gasteiger partial charge < -0.3 is 0 Å². The van der Waals surface area contributed by atoms with Crippen molar-refractivity contribution in [2.24, 2.45) is 0 Å². The van der Waals surface area contributed by atoms with Crippen LogP contribution in [0.4, 0.5) is 0 Å². The standard InChI is InChI=1S/C14H12S/c1-2-7-13(8-3-1)9-4-5-10-14-11-6-12-15-14/h1-4,6-8,10-12H,9H2. The first kappa shape index (κ1) is 9.97. The molecular formula is C14H12S. The predicted molar refractivity (Wildman–Crippen MR) is 67.0 cm³/mol. The molecule has 0 fully saturated rings. The average molecular weight is 212 g/mol. The van der Waals surface area contributed by atoms with Crippen LogP contribution in [-0.2, 0) is 6.42 Å². The molecule has 0 bridgehead atoms. The Morgan fingerprint density at radius 1 is 1.07 bits per heavy atom. The zero-order chi connectivity index (χ0) is 10.3. The van der Waals surface area contributed by atoms with Crippen molar-refractivity contribution >= 4 is 17.4 Å². The number of hydrogen-bond acceptors (Lipinski definition) is 1. The van der Waals surface area contributed by atoms with Gasteiger partial charge in [-0.1, -0.05) is 36.4 Å². The first-order chi connectivity index (χ1) is 7.45. The highest BCUT2D eigenvalue weighted by Gasteiger charge is 1.85. The summed E-state index contributed by atoms with van der Waals surface area (Å²) in [5.74, 6) is 0. The van der Waals surface area contributed by atoms with Crippen molar-refractivity contribution in [1.82, 2.24) is 0 Å². The van der Waals surface area contributed by atoms with Crippen molar-refractivity contribution < 1.29 is 0 Å². The Kier molecular flexibility index (Phi) is 3.56. The lowest BCUT2D eigenvalue weighted by molar-refractivity contribution is 1.28. The highest BCUT2D eigenvalue weighted by Crippen LogP contribution is 2.09. The third-order valence-electron chi connectivity index (χ3n) is 2.07. The Morgan fingerprint density at radius 3 is 2.67 bits per heavy atom. The molecule has 1 aromatic carbocycles. The molecule has 0 atom stereocenters. The van der Waals surface area contributed by atoms with Gasteiger partial charge in [-0.3, -0.25) is 0 Å². The van der Waals surface area contributed by atoms with Gasteiger partial charge in [-0.2, -0.15) is 0 Å². The van der Waals surface area contributed by atoms with E-state index >= 15 is 0 Å². The summed E-state index contributed by atoms with van der Waals surface area (Å²) in [4.78, 5) is 1.25. The van der Waals surface area contributed by atoms with E-state index in [2.05, 4.69) is 53.6 Å². The van der Waals surface area contributed by atoms with Crippen LogP contribution in [-0.4, -0.2) is 0 Å². The summed E-state index contributed by atoms with van der Waals surface area (Å²) in [6, 6.07) is 14.6. The van der Waals surface area contributed by atoms with Crippen molar-refractivity contribution in [1.29, 1.82) is 0 Å². The molecular weight excluding hydrogens is 200 g/mol. The molecule has 1 heteroatoms. The molecule has 0 amide bonds. The quantitative estimate of drug-likeness (QED) is 0.670. The topological polar surface area (TPSA) is 0 Å². The van der Waals surface area contributed by atoms with Crippen molar-refractivity contribution in [3.8, 4) is 0 Å². The second kappa shape index (κ2) is 5.35. The zero-order valence-corrected chi connectivity index (χ0v) is 9.21. The minimum atomic E-state index is 0.947. The summed E-state index contributed by atoms with van der Waals surface area (Å²) in [5, 5.41) is 2.07. The van der Waals surface area contributed by atoms with Crippen molar-refractivity contribution in [2.45, 2.75) is 6.42 Å². The molecule has 15 heavy (non-hydrogen) atoms. The minimum Gasteiger partial charge on any atom is -0.144 e. The smallest absolute Gasteiger partial charge is 0.0347 e. The predicted octanol–water partition coefficient (Wildman–Crippen LogP) is 4.16. The second-order valence-corrected chi connectivity index (χ2v) is 4.20. The summed E-state index contributed by atoms with van der Waals surface area (Å²) >= 11 is 1.73. The summed E-state index contributed by atoms with van der Waals surface area (Å²) < 4.78 is 0. The molecule has 1 aromatic heterocycles. The second-order valence-electron chi connectivity index (χ2n) is 3.22. The van der Waals surface area contributed by atoms with Gasteiger partial charge in [0.2, 0.25) is 0 Å². The maximum Gasteiger partial charge on any atom is 0.0347 e. The molecule has 0 N–H and O–H groups in total. The van der Waals surface area contributed by atoms with Crippen molar-refractivity contribution in [2.75, 3.05) is 0 Å². The third kappa shape index (κ3) is 3.25. The van der Waals surface area contributed by atoms with Crippen LogP contribution in [0.2, 0.25) is 0 Å². The Hall–Kier alpha value is -1.56. The fraction of sp³-hybridized carbons (Fsp3) is 0.0714. The number of allylic oxidation sites excluding steroid dienone is 1. The summed E-state index contributed by atoms with van der Waals surface area (Å²) in [6.07, 6.45) is 5.03. The van der Waals surface area contributed by atoms with E-state index in [9.17, 15) is 0 Å². The van der Waals surface area contributed by atoms with Gasteiger partial charge in [0, 0.05) is 4.88 Å². The molecule has 0 aliphatic carbocycles. The van der Waals surface area contributed by atoms with Crippen LogP contribution in [0, 0.1) is 0 Å². The molecule has 0 nitrogen and oxygen atoms in total. The van der Waals surface area contributed by atoms with Gasteiger partial charge in [0.05, 0.1) is 0 Å². The van der Waals surface area contributed by atoms with E-state index in [4.69, 9.17) is 0 Å². The van der Waals surface area contributed by atoms with Gasteiger partial charge in [0.25, 0.3) is 0 Å². The molecule has 0 spiro atoms.